The Balaban J connectivity index is 1.60. The summed E-state index contributed by atoms with van der Waals surface area (Å²) in [5.74, 6) is 0. The lowest BCUT2D eigenvalue weighted by Gasteiger charge is -1.99. The summed E-state index contributed by atoms with van der Waals surface area (Å²) in [6, 6.07) is 7.36. The minimum Gasteiger partial charge on any atom is -0.298 e. The average Bonchev–Trinajstić information content (AvgIpc) is 2.59. The van der Waals surface area contributed by atoms with Crippen LogP contribution in [-0.4, -0.2) is 12.6 Å². The molecule has 114 valence electrons. The molecule has 4 heteroatoms. The molecule has 0 aliphatic carbocycles. The maximum Gasteiger partial charge on any atom is 0.169 e. The molecule has 0 atom stereocenters. The Morgan fingerprint density at radius 2 is 1.00 bits per heavy atom. The topological polar surface area (TPSA) is 41.9 Å². The molecule has 2 aromatic rings. The van der Waals surface area contributed by atoms with E-state index in [1.165, 1.54) is 12.8 Å². The van der Waals surface area contributed by atoms with Crippen LogP contribution in [0.4, 0.5) is 0 Å². The Kier molecular flexibility index (Phi) is 6.42. The second kappa shape index (κ2) is 8.82. The predicted octanol–water partition coefficient (Wildman–Crippen LogP) is 2.15. The molecule has 4 nitrogen and oxygen atoms in total. The third kappa shape index (κ3) is 5.20. The first-order valence-electron chi connectivity index (χ1n) is 7.70. The molecule has 0 spiro atoms. The van der Waals surface area contributed by atoms with Crippen molar-refractivity contribution in [3.63, 3.8) is 0 Å². The molecule has 0 radical (unpaired) electrons. The number of unbranched alkanes of at least 4 members (excludes halogenated alkanes) is 3. The third-order valence-electron chi connectivity index (χ3n) is 3.69. The number of hydrogen-bond donors (Lipinski definition) is 0. The van der Waals surface area contributed by atoms with Crippen molar-refractivity contribution >= 4 is 12.6 Å². The highest BCUT2D eigenvalue weighted by molar-refractivity contribution is 5.74. The van der Waals surface area contributed by atoms with Crippen molar-refractivity contribution in [3.8, 4) is 0 Å². The van der Waals surface area contributed by atoms with Gasteiger partial charge in [-0.25, -0.2) is 9.13 Å². The second-order valence-electron chi connectivity index (χ2n) is 5.39. The molecule has 0 amide bonds. The fourth-order valence-electron chi connectivity index (χ4n) is 2.34. The molecule has 22 heavy (non-hydrogen) atoms. The van der Waals surface area contributed by atoms with Crippen LogP contribution in [0.2, 0.25) is 0 Å². The van der Waals surface area contributed by atoms with Crippen LogP contribution >= 0.6 is 0 Å². The molecule has 0 unspecified atom stereocenters. The van der Waals surface area contributed by atoms with Crippen molar-refractivity contribution < 1.29 is 18.7 Å². The van der Waals surface area contributed by atoms with Crippen LogP contribution in [0, 0.1) is 0 Å². The van der Waals surface area contributed by atoms with Gasteiger partial charge in [0, 0.05) is 48.2 Å². The van der Waals surface area contributed by atoms with Gasteiger partial charge < -0.3 is 0 Å². The first-order valence-corrected chi connectivity index (χ1v) is 7.70. The molecule has 0 bridgehead atoms. The molecule has 0 aliphatic heterocycles. The second-order valence-corrected chi connectivity index (χ2v) is 5.39. The van der Waals surface area contributed by atoms with Gasteiger partial charge in [0.25, 0.3) is 0 Å². The predicted molar refractivity (Wildman–Crippen MR) is 82.5 cm³/mol. The molecule has 0 saturated heterocycles. The van der Waals surface area contributed by atoms with Crippen molar-refractivity contribution in [3.05, 3.63) is 60.2 Å². The zero-order chi connectivity index (χ0) is 15.6. The van der Waals surface area contributed by atoms with Gasteiger partial charge in [-0.2, -0.15) is 0 Å². The van der Waals surface area contributed by atoms with E-state index in [0.29, 0.717) is 11.1 Å². The van der Waals surface area contributed by atoms with Gasteiger partial charge in [-0.3, -0.25) is 9.59 Å². The van der Waals surface area contributed by atoms with E-state index >= 15 is 0 Å². The SMILES string of the molecule is O=Cc1cc[n+](CCCCCC[n+]2ccc(C=O)cc2)cc1. The van der Waals surface area contributed by atoms with E-state index in [1.54, 1.807) is 0 Å². The highest BCUT2D eigenvalue weighted by atomic mass is 16.1. The highest BCUT2D eigenvalue weighted by Crippen LogP contribution is 2.00. The zero-order valence-corrected chi connectivity index (χ0v) is 12.7. The number of aromatic nitrogens is 2. The van der Waals surface area contributed by atoms with Crippen molar-refractivity contribution in [1.29, 1.82) is 0 Å². The van der Waals surface area contributed by atoms with Gasteiger partial charge in [0.2, 0.25) is 0 Å². The van der Waals surface area contributed by atoms with Crippen LogP contribution < -0.4 is 9.13 Å². The van der Waals surface area contributed by atoms with E-state index in [0.717, 1.165) is 38.5 Å². The number of rotatable bonds is 9. The molecule has 0 aromatic carbocycles. The van der Waals surface area contributed by atoms with Gasteiger partial charge in [0.1, 0.15) is 13.1 Å². The van der Waals surface area contributed by atoms with E-state index in [4.69, 9.17) is 0 Å². The van der Waals surface area contributed by atoms with E-state index in [1.807, 2.05) is 49.1 Å². The maximum atomic E-state index is 10.6. The lowest BCUT2D eigenvalue weighted by molar-refractivity contribution is -0.698. The average molecular weight is 298 g/mol. The van der Waals surface area contributed by atoms with Crippen molar-refractivity contribution in [2.45, 2.75) is 38.8 Å². The number of nitrogens with zero attached hydrogens (tertiary/aromatic N) is 2. The smallest absolute Gasteiger partial charge is 0.169 e. The normalized spacial score (nSPS) is 10.4. The summed E-state index contributed by atoms with van der Waals surface area (Å²) >= 11 is 0. The summed E-state index contributed by atoms with van der Waals surface area (Å²) in [4.78, 5) is 21.1. The maximum absolute atomic E-state index is 10.6. The van der Waals surface area contributed by atoms with Crippen molar-refractivity contribution in [2.75, 3.05) is 0 Å². The third-order valence-corrected chi connectivity index (χ3v) is 3.69. The Morgan fingerprint density at radius 3 is 1.32 bits per heavy atom. The number of carbonyl (C=O) groups is 2. The number of aldehydes is 2. The molecular formula is C18H22N2O2+2. The van der Waals surface area contributed by atoms with Gasteiger partial charge in [-0.15, -0.1) is 0 Å². The monoisotopic (exact) mass is 298 g/mol. The van der Waals surface area contributed by atoms with Crippen LogP contribution in [0.1, 0.15) is 46.4 Å². The highest BCUT2D eigenvalue weighted by Gasteiger charge is 2.02. The summed E-state index contributed by atoms with van der Waals surface area (Å²) in [5.41, 5.74) is 1.43. The Labute approximate surface area is 131 Å². The standard InChI is InChI=1S/C18H22N2O2/c21-15-17-5-11-19(12-6-17)9-3-1-2-4-10-20-13-7-18(16-22)8-14-20/h5-8,11-16H,1-4,9-10H2/q+2. The summed E-state index contributed by atoms with van der Waals surface area (Å²) in [5, 5.41) is 0. The van der Waals surface area contributed by atoms with Crippen LogP contribution in [0.25, 0.3) is 0 Å². The first-order chi connectivity index (χ1) is 10.8. The minimum absolute atomic E-state index is 0.717. The van der Waals surface area contributed by atoms with Gasteiger partial charge in [-0.1, -0.05) is 0 Å². The number of carbonyl (C=O) groups excluding carboxylic acids is 2. The summed E-state index contributed by atoms with van der Waals surface area (Å²) < 4.78 is 4.22. The van der Waals surface area contributed by atoms with E-state index < -0.39 is 0 Å². The molecule has 0 saturated carbocycles. The molecule has 0 aliphatic rings. The van der Waals surface area contributed by atoms with Crippen LogP contribution in [-0.2, 0) is 13.1 Å². The largest absolute Gasteiger partial charge is 0.298 e. The lowest BCUT2D eigenvalue weighted by Crippen LogP contribution is -2.33. The van der Waals surface area contributed by atoms with Crippen molar-refractivity contribution in [1.82, 2.24) is 0 Å². The van der Waals surface area contributed by atoms with Gasteiger partial charge in [-0.05, 0) is 12.8 Å². The quantitative estimate of drug-likeness (QED) is 0.404. The van der Waals surface area contributed by atoms with Crippen LogP contribution in [0.5, 0.6) is 0 Å². The zero-order valence-electron chi connectivity index (χ0n) is 12.7. The van der Waals surface area contributed by atoms with Crippen LogP contribution in [0.3, 0.4) is 0 Å². The Morgan fingerprint density at radius 1 is 0.636 bits per heavy atom. The summed E-state index contributed by atoms with van der Waals surface area (Å²) in [7, 11) is 0. The summed E-state index contributed by atoms with van der Waals surface area (Å²) in [6.07, 6.45) is 14.2. The molecular weight excluding hydrogens is 276 g/mol. The fourth-order valence-corrected chi connectivity index (χ4v) is 2.34. The molecule has 0 N–H and O–H groups in total. The van der Waals surface area contributed by atoms with E-state index in [-0.39, 0.29) is 0 Å². The first kappa shape index (κ1) is 16.0. The Hall–Kier alpha value is -2.36. The van der Waals surface area contributed by atoms with Crippen LogP contribution in [0.15, 0.2) is 49.1 Å². The molecule has 2 rings (SSSR count). The summed E-state index contributed by atoms with van der Waals surface area (Å²) in [6.45, 7) is 1.97. The number of pyridine rings is 2. The fraction of sp³-hybridized carbons (Fsp3) is 0.333. The van der Waals surface area contributed by atoms with Gasteiger partial charge in [0.05, 0.1) is 0 Å². The molecule has 0 fully saturated rings. The van der Waals surface area contributed by atoms with E-state index in [2.05, 4.69) is 9.13 Å². The number of hydrogen-bond acceptors (Lipinski definition) is 2. The van der Waals surface area contributed by atoms with Crippen molar-refractivity contribution in [2.24, 2.45) is 0 Å². The Bertz CT molecular complexity index is 536. The van der Waals surface area contributed by atoms with E-state index in [9.17, 15) is 9.59 Å². The molecule has 2 aromatic heterocycles. The lowest BCUT2D eigenvalue weighted by atomic mass is 10.2. The number of aryl methyl sites for hydroxylation is 2. The van der Waals surface area contributed by atoms with Gasteiger partial charge >= 0.3 is 0 Å². The molecule has 2 heterocycles. The van der Waals surface area contributed by atoms with Gasteiger partial charge in [0.15, 0.2) is 37.4 Å². The minimum atomic E-state index is 0.717.